The van der Waals surface area contributed by atoms with E-state index in [0.717, 1.165) is 0 Å². The zero-order valence-electron chi connectivity index (χ0n) is 15.6. The van der Waals surface area contributed by atoms with Gasteiger partial charge < -0.3 is 15.1 Å². The van der Waals surface area contributed by atoms with Crippen LogP contribution in [0.4, 0.5) is 0 Å². The minimum absolute atomic E-state index is 0.0397. The van der Waals surface area contributed by atoms with Gasteiger partial charge >= 0.3 is 0 Å². The molecule has 2 N–H and O–H groups in total. The Morgan fingerprint density at radius 1 is 1.31 bits per heavy atom. The minimum Gasteiger partial charge on any atom is -0.467 e. The van der Waals surface area contributed by atoms with Gasteiger partial charge in [0.15, 0.2) is 5.16 Å². The van der Waals surface area contributed by atoms with Gasteiger partial charge in [0.2, 0.25) is 11.8 Å². The number of amides is 2. The number of hydrogen-bond acceptors (Lipinski definition) is 7. The van der Waals surface area contributed by atoms with Gasteiger partial charge in [0.1, 0.15) is 10.5 Å². The number of nitrogens with two attached hydrogens (primary N) is 1. The Kier molecular flexibility index (Phi) is 5.72. The standard InChI is InChI=1S/C19H20N4O4S2/c20-17(25)12-3-6-22(7-4-12)15(24)11-29-19-21-14-5-9-28-16(14)18(26)23(19)10-13-2-1-8-27-13/h1-2,5,8-9,12H,3-4,6-7,10-11H2,(H2,20,25). The third kappa shape index (κ3) is 4.23. The van der Waals surface area contributed by atoms with Crippen LogP contribution in [0.25, 0.3) is 10.2 Å². The molecule has 0 spiro atoms. The van der Waals surface area contributed by atoms with E-state index in [2.05, 4.69) is 4.98 Å². The highest BCUT2D eigenvalue weighted by molar-refractivity contribution is 7.99. The summed E-state index contributed by atoms with van der Waals surface area (Å²) in [6, 6.07) is 5.37. The van der Waals surface area contributed by atoms with Crippen molar-refractivity contribution in [3.05, 3.63) is 46.0 Å². The van der Waals surface area contributed by atoms with Crippen molar-refractivity contribution < 1.29 is 14.0 Å². The molecule has 4 rings (SSSR count). The molecule has 0 radical (unpaired) electrons. The molecule has 3 aromatic heterocycles. The van der Waals surface area contributed by atoms with Crippen LogP contribution >= 0.6 is 23.1 Å². The molecule has 10 heteroatoms. The number of thioether (sulfide) groups is 1. The first-order valence-electron chi connectivity index (χ1n) is 9.23. The van der Waals surface area contributed by atoms with Crippen LogP contribution in [0, 0.1) is 5.92 Å². The van der Waals surface area contributed by atoms with Crippen molar-refractivity contribution in [3.63, 3.8) is 0 Å². The van der Waals surface area contributed by atoms with Crippen molar-refractivity contribution in [2.24, 2.45) is 11.7 Å². The van der Waals surface area contributed by atoms with Crippen LogP contribution in [-0.4, -0.2) is 45.1 Å². The smallest absolute Gasteiger partial charge is 0.272 e. The van der Waals surface area contributed by atoms with E-state index in [9.17, 15) is 14.4 Å². The third-order valence-corrected chi connectivity index (χ3v) is 6.85. The number of furan rings is 1. The van der Waals surface area contributed by atoms with E-state index in [1.54, 1.807) is 33.9 Å². The largest absolute Gasteiger partial charge is 0.467 e. The van der Waals surface area contributed by atoms with Crippen molar-refractivity contribution in [1.29, 1.82) is 0 Å². The number of rotatable bonds is 6. The molecule has 0 unspecified atom stereocenters. The SMILES string of the molecule is NC(=O)C1CCN(C(=O)CSc2nc3ccsc3c(=O)n2Cc2ccco2)CC1. The highest BCUT2D eigenvalue weighted by Crippen LogP contribution is 2.23. The summed E-state index contributed by atoms with van der Waals surface area (Å²) in [7, 11) is 0. The first-order chi connectivity index (χ1) is 14.0. The first kappa shape index (κ1) is 19.7. The molecule has 3 aromatic rings. The summed E-state index contributed by atoms with van der Waals surface area (Å²) in [6.45, 7) is 1.29. The van der Waals surface area contributed by atoms with E-state index in [1.807, 2.05) is 5.38 Å². The number of likely N-dealkylation sites (tertiary alicyclic amines) is 1. The number of nitrogens with zero attached hydrogens (tertiary/aromatic N) is 3. The Bertz CT molecular complexity index is 1080. The maximum Gasteiger partial charge on any atom is 0.272 e. The van der Waals surface area contributed by atoms with Crippen LogP contribution in [0.5, 0.6) is 0 Å². The van der Waals surface area contributed by atoms with Crippen LogP contribution in [0.2, 0.25) is 0 Å². The first-order valence-corrected chi connectivity index (χ1v) is 11.1. The van der Waals surface area contributed by atoms with Gasteiger partial charge in [-0.1, -0.05) is 11.8 Å². The number of carbonyl (C=O) groups excluding carboxylic acids is 2. The van der Waals surface area contributed by atoms with E-state index in [0.29, 0.717) is 47.1 Å². The van der Waals surface area contributed by atoms with Crippen LogP contribution in [0.15, 0.2) is 44.2 Å². The zero-order chi connectivity index (χ0) is 20.4. The van der Waals surface area contributed by atoms with Gasteiger partial charge in [-0.25, -0.2) is 4.98 Å². The molecule has 4 heterocycles. The summed E-state index contributed by atoms with van der Waals surface area (Å²) >= 11 is 2.59. The normalized spacial score (nSPS) is 15.1. The maximum atomic E-state index is 12.9. The molecule has 8 nitrogen and oxygen atoms in total. The summed E-state index contributed by atoms with van der Waals surface area (Å²) in [4.78, 5) is 43.2. The Labute approximate surface area is 174 Å². The van der Waals surface area contributed by atoms with E-state index < -0.39 is 0 Å². The van der Waals surface area contributed by atoms with Crippen LogP contribution in [0.3, 0.4) is 0 Å². The van der Waals surface area contributed by atoms with Gasteiger partial charge in [0.05, 0.1) is 24.1 Å². The number of aromatic nitrogens is 2. The summed E-state index contributed by atoms with van der Waals surface area (Å²) in [5.41, 5.74) is 5.84. The zero-order valence-corrected chi connectivity index (χ0v) is 17.2. The lowest BCUT2D eigenvalue weighted by atomic mass is 9.96. The molecular weight excluding hydrogens is 412 g/mol. The molecule has 0 bridgehead atoms. The fourth-order valence-electron chi connectivity index (χ4n) is 3.36. The lowest BCUT2D eigenvalue weighted by Gasteiger charge is -2.30. The molecule has 1 saturated heterocycles. The fourth-order valence-corrected chi connectivity index (χ4v) is 5.04. The topological polar surface area (TPSA) is 111 Å². The van der Waals surface area contributed by atoms with Gasteiger partial charge in [-0.2, -0.15) is 0 Å². The number of piperidine rings is 1. The summed E-state index contributed by atoms with van der Waals surface area (Å²) in [5, 5.41) is 2.32. The van der Waals surface area contributed by atoms with E-state index in [-0.39, 0.29) is 35.6 Å². The van der Waals surface area contributed by atoms with Crippen molar-refractivity contribution in [2.75, 3.05) is 18.8 Å². The molecular formula is C19H20N4O4S2. The molecule has 0 saturated carbocycles. The van der Waals surface area contributed by atoms with Gasteiger partial charge in [-0.05, 0) is 36.4 Å². The van der Waals surface area contributed by atoms with Crippen molar-refractivity contribution in [3.8, 4) is 0 Å². The van der Waals surface area contributed by atoms with E-state index in [4.69, 9.17) is 10.2 Å². The Morgan fingerprint density at radius 2 is 2.10 bits per heavy atom. The molecule has 1 fully saturated rings. The highest BCUT2D eigenvalue weighted by atomic mass is 32.2. The second kappa shape index (κ2) is 8.42. The number of hydrogen-bond donors (Lipinski definition) is 1. The Balaban J connectivity index is 1.50. The average Bonchev–Trinajstić information content (AvgIpc) is 3.40. The molecule has 0 atom stereocenters. The van der Waals surface area contributed by atoms with Gasteiger partial charge in [-0.3, -0.25) is 19.0 Å². The lowest BCUT2D eigenvalue weighted by molar-refractivity contribution is -0.132. The number of fused-ring (bicyclic) bond motifs is 1. The van der Waals surface area contributed by atoms with Crippen molar-refractivity contribution in [2.45, 2.75) is 24.5 Å². The molecule has 1 aliphatic heterocycles. The Morgan fingerprint density at radius 3 is 2.79 bits per heavy atom. The third-order valence-electron chi connectivity index (χ3n) is 5.00. The van der Waals surface area contributed by atoms with Gasteiger partial charge in [0.25, 0.3) is 5.56 Å². The molecule has 0 aliphatic carbocycles. The van der Waals surface area contributed by atoms with Crippen molar-refractivity contribution >= 4 is 45.1 Å². The molecule has 0 aromatic carbocycles. The quantitative estimate of drug-likeness (QED) is 0.470. The van der Waals surface area contributed by atoms with Gasteiger partial charge in [0, 0.05) is 19.0 Å². The van der Waals surface area contributed by atoms with Crippen LogP contribution in [-0.2, 0) is 16.1 Å². The maximum absolute atomic E-state index is 12.9. The van der Waals surface area contributed by atoms with Crippen molar-refractivity contribution in [1.82, 2.24) is 14.5 Å². The predicted molar refractivity (Wildman–Crippen MR) is 111 cm³/mol. The van der Waals surface area contributed by atoms with Gasteiger partial charge in [-0.15, -0.1) is 11.3 Å². The highest BCUT2D eigenvalue weighted by Gasteiger charge is 2.26. The monoisotopic (exact) mass is 432 g/mol. The fraction of sp³-hybridized carbons (Fsp3) is 0.368. The second-order valence-electron chi connectivity index (χ2n) is 6.85. The van der Waals surface area contributed by atoms with E-state index in [1.165, 1.54) is 23.1 Å². The number of primary amides is 1. The summed E-state index contributed by atoms with van der Waals surface area (Å²) < 4.78 is 7.52. The van der Waals surface area contributed by atoms with Crippen LogP contribution < -0.4 is 11.3 Å². The predicted octanol–water partition coefficient (Wildman–Crippen LogP) is 1.92. The Hall–Kier alpha value is -2.59. The molecule has 1 aliphatic rings. The number of thiophene rings is 1. The van der Waals surface area contributed by atoms with Crippen LogP contribution in [0.1, 0.15) is 18.6 Å². The minimum atomic E-state index is -0.304. The summed E-state index contributed by atoms with van der Waals surface area (Å²) in [6.07, 6.45) is 2.74. The molecule has 152 valence electrons. The lowest BCUT2D eigenvalue weighted by Crippen LogP contribution is -2.42. The summed E-state index contributed by atoms with van der Waals surface area (Å²) in [5.74, 6) is 0.310. The number of carbonyl (C=O) groups is 2. The van der Waals surface area contributed by atoms with E-state index >= 15 is 0 Å². The second-order valence-corrected chi connectivity index (χ2v) is 8.70. The molecule has 2 amide bonds. The average molecular weight is 433 g/mol. The molecule has 29 heavy (non-hydrogen) atoms.